The summed E-state index contributed by atoms with van der Waals surface area (Å²) < 4.78 is 67.6. The molecule has 1 aromatic rings. The third kappa shape index (κ3) is 4.82. The fourth-order valence-electron chi connectivity index (χ4n) is 5.58. The molecule has 3 heterocycles. The number of carbonyl (C=O) groups is 1. The molecular weight excluding hydrogens is 443 g/mol. The molecule has 1 amide bonds. The molecule has 0 aliphatic carbocycles. The first-order valence-electron chi connectivity index (χ1n) is 11.3. The number of carbonyl (C=O) groups excluding carboxylic acids is 1. The molecule has 3 aliphatic rings. The second-order valence-corrected chi connectivity index (χ2v) is 11.3. The van der Waals surface area contributed by atoms with E-state index in [2.05, 4.69) is 0 Å². The Hall–Kier alpha value is -1.65. The molecule has 3 saturated heterocycles. The van der Waals surface area contributed by atoms with Gasteiger partial charge in [0.25, 0.3) is 0 Å². The van der Waals surface area contributed by atoms with Crippen molar-refractivity contribution >= 4 is 15.9 Å². The summed E-state index contributed by atoms with van der Waals surface area (Å²) in [6.45, 7) is 0.944. The van der Waals surface area contributed by atoms with Crippen LogP contribution < -0.4 is 5.73 Å². The molecule has 2 N–H and O–H groups in total. The molecule has 0 spiro atoms. The van der Waals surface area contributed by atoms with Crippen molar-refractivity contribution in [3.8, 4) is 0 Å². The van der Waals surface area contributed by atoms with Crippen LogP contribution in [0.4, 0.5) is 13.2 Å². The van der Waals surface area contributed by atoms with Gasteiger partial charge in [0, 0.05) is 37.3 Å². The highest BCUT2D eigenvalue weighted by Gasteiger charge is 2.45. The third-order valence-corrected chi connectivity index (χ3v) is 8.99. The van der Waals surface area contributed by atoms with Gasteiger partial charge in [0.05, 0.1) is 0 Å². The van der Waals surface area contributed by atoms with Crippen LogP contribution in [0.25, 0.3) is 0 Å². The van der Waals surface area contributed by atoms with E-state index < -0.39 is 39.3 Å². The van der Waals surface area contributed by atoms with Crippen molar-refractivity contribution in [2.45, 2.75) is 69.5 Å². The van der Waals surface area contributed by atoms with Crippen LogP contribution in [0.5, 0.6) is 0 Å². The normalized spacial score (nSPS) is 27.5. The molecule has 4 atom stereocenters. The molecule has 32 heavy (non-hydrogen) atoms. The Balaban J connectivity index is 1.39. The molecule has 6 nitrogen and oxygen atoms in total. The maximum absolute atomic E-state index is 14.0. The molecule has 3 fully saturated rings. The van der Waals surface area contributed by atoms with Crippen molar-refractivity contribution < 1.29 is 26.4 Å². The van der Waals surface area contributed by atoms with E-state index >= 15 is 0 Å². The second kappa shape index (κ2) is 9.30. The summed E-state index contributed by atoms with van der Waals surface area (Å²) in [4.78, 5) is 14.7. The Morgan fingerprint density at radius 3 is 2.22 bits per heavy atom. The predicted molar refractivity (Wildman–Crippen MR) is 114 cm³/mol. The van der Waals surface area contributed by atoms with Crippen molar-refractivity contribution in [3.63, 3.8) is 0 Å². The highest BCUT2D eigenvalue weighted by Crippen LogP contribution is 2.40. The Morgan fingerprint density at radius 2 is 1.59 bits per heavy atom. The number of halogens is 3. The molecule has 0 saturated carbocycles. The standard InChI is InChI=1S/C22H30F3N3O3S/c23-18-12-20(25)19(24)10-14(18)11-21(26)15-8-16-4-5-17(9-15)28(16)22(29)13-32(30,31)27-6-2-1-3-7-27/h10,12,15-17,21H,1-9,11,13,26H2/t15-,16-,17+,21-/m1/s1. The first-order valence-corrected chi connectivity index (χ1v) is 12.9. The highest BCUT2D eigenvalue weighted by molar-refractivity contribution is 7.89. The Morgan fingerprint density at radius 1 is 1.00 bits per heavy atom. The van der Waals surface area contributed by atoms with Crippen LogP contribution in [0.2, 0.25) is 0 Å². The van der Waals surface area contributed by atoms with Gasteiger partial charge in [-0.3, -0.25) is 4.79 Å². The van der Waals surface area contributed by atoms with Gasteiger partial charge in [-0.2, -0.15) is 0 Å². The van der Waals surface area contributed by atoms with Gasteiger partial charge in [0.2, 0.25) is 15.9 Å². The van der Waals surface area contributed by atoms with Crippen molar-refractivity contribution in [1.82, 2.24) is 9.21 Å². The van der Waals surface area contributed by atoms with E-state index in [1.807, 2.05) is 0 Å². The summed E-state index contributed by atoms with van der Waals surface area (Å²) in [5.41, 5.74) is 6.36. The summed E-state index contributed by atoms with van der Waals surface area (Å²) in [5, 5.41) is 0. The zero-order valence-electron chi connectivity index (χ0n) is 18.0. The lowest BCUT2D eigenvalue weighted by atomic mass is 9.82. The number of rotatable bonds is 6. The van der Waals surface area contributed by atoms with Gasteiger partial charge >= 0.3 is 0 Å². The van der Waals surface area contributed by atoms with Gasteiger partial charge in [-0.15, -0.1) is 0 Å². The summed E-state index contributed by atoms with van der Waals surface area (Å²) in [6, 6.07) is 0.730. The first kappa shape index (κ1) is 23.5. The van der Waals surface area contributed by atoms with Crippen molar-refractivity contribution in [3.05, 3.63) is 35.1 Å². The van der Waals surface area contributed by atoms with E-state index in [4.69, 9.17) is 5.73 Å². The minimum atomic E-state index is -3.62. The van der Waals surface area contributed by atoms with Gasteiger partial charge in [0.15, 0.2) is 11.6 Å². The third-order valence-electron chi connectivity index (χ3n) is 7.22. The monoisotopic (exact) mass is 473 g/mol. The number of hydrogen-bond donors (Lipinski definition) is 1. The van der Waals surface area contributed by atoms with E-state index in [9.17, 15) is 26.4 Å². The lowest BCUT2D eigenvalue weighted by molar-refractivity contribution is -0.133. The largest absolute Gasteiger partial charge is 0.336 e. The van der Waals surface area contributed by atoms with Crippen LogP contribution in [0.1, 0.15) is 50.5 Å². The lowest BCUT2D eigenvalue weighted by Crippen LogP contribution is -2.52. The summed E-state index contributed by atoms with van der Waals surface area (Å²) in [5.74, 6) is -4.04. The first-order chi connectivity index (χ1) is 15.2. The molecule has 4 rings (SSSR count). The number of fused-ring (bicyclic) bond motifs is 2. The van der Waals surface area contributed by atoms with E-state index in [0.29, 0.717) is 32.0 Å². The van der Waals surface area contributed by atoms with Crippen LogP contribution in [0.3, 0.4) is 0 Å². The van der Waals surface area contributed by atoms with E-state index in [-0.39, 0.29) is 35.9 Å². The van der Waals surface area contributed by atoms with Gasteiger partial charge in [-0.25, -0.2) is 25.9 Å². The summed E-state index contributed by atoms with van der Waals surface area (Å²) in [7, 11) is -3.62. The molecule has 0 aromatic heterocycles. The Kier molecular flexibility index (Phi) is 6.84. The number of nitrogens with two attached hydrogens (primary N) is 1. The number of amides is 1. The van der Waals surface area contributed by atoms with Gasteiger partial charge in [-0.05, 0) is 62.5 Å². The van der Waals surface area contributed by atoms with E-state index in [1.54, 1.807) is 4.90 Å². The predicted octanol–water partition coefficient (Wildman–Crippen LogP) is 2.56. The minimum Gasteiger partial charge on any atom is -0.336 e. The lowest BCUT2D eigenvalue weighted by Gasteiger charge is -2.41. The van der Waals surface area contributed by atoms with Gasteiger partial charge in [-0.1, -0.05) is 6.42 Å². The quantitative estimate of drug-likeness (QED) is 0.644. The average Bonchev–Trinajstić information content (AvgIpc) is 3.02. The molecular formula is C22H30F3N3O3S. The van der Waals surface area contributed by atoms with E-state index in [1.165, 1.54) is 4.31 Å². The maximum atomic E-state index is 14.0. The smallest absolute Gasteiger partial charge is 0.239 e. The summed E-state index contributed by atoms with van der Waals surface area (Å²) >= 11 is 0. The fraction of sp³-hybridized carbons (Fsp3) is 0.682. The van der Waals surface area contributed by atoms with Crippen LogP contribution in [0.15, 0.2) is 12.1 Å². The van der Waals surface area contributed by atoms with Crippen molar-refractivity contribution in [2.24, 2.45) is 11.7 Å². The minimum absolute atomic E-state index is 0.0113. The molecule has 178 valence electrons. The van der Waals surface area contributed by atoms with Crippen LogP contribution in [-0.4, -0.2) is 60.5 Å². The number of hydrogen-bond acceptors (Lipinski definition) is 4. The summed E-state index contributed by atoms with van der Waals surface area (Å²) in [6.07, 6.45) is 5.47. The molecule has 2 bridgehead atoms. The van der Waals surface area contributed by atoms with Crippen LogP contribution >= 0.6 is 0 Å². The van der Waals surface area contributed by atoms with Gasteiger partial charge < -0.3 is 10.6 Å². The topological polar surface area (TPSA) is 83.7 Å². The van der Waals surface area contributed by atoms with Crippen molar-refractivity contribution in [1.29, 1.82) is 0 Å². The van der Waals surface area contributed by atoms with Crippen LogP contribution in [-0.2, 0) is 21.2 Å². The van der Waals surface area contributed by atoms with Gasteiger partial charge in [0.1, 0.15) is 11.6 Å². The molecule has 0 radical (unpaired) electrons. The maximum Gasteiger partial charge on any atom is 0.239 e. The highest BCUT2D eigenvalue weighted by atomic mass is 32.2. The van der Waals surface area contributed by atoms with Crippen molar-refractivity contribution in [2.75, 3.05) is 18.8 Å². The SMILES string of the molecule is N[C@H](Cc1cc(F)c(F)cc1F)[C@@H]1C[C@H]2CC[C@@H](C1)N2C(=O)CS(=O)(=O)N1CCCCC1. The van der Waals surface area contributed by atoms with Crippen LogP contribution in [0, 0.1) is 23.4 Å². The number of sulfonamides is 1. The molecule has 1 aromatic carbocycles. The average molecular weight is 474 g/mol. The molecule has 3 aliphatic heterocycles. The zero-order valence-corrected chi connectivity index (χ0v) is 18.8. The fourth-order valence-corrected chi connectivity index (χ4v) is 7.04. The molecule has 10 heteroatoms. The number of piperidine rings is 2. The zero-order chi connectivity index (χ0) is 23.0. The Labute approximate surface area is 187 Å². The second-order valence-electron chi connectivity index (χ2n) is 9.36. The Bertz CT molecular complexity index is 955. The number of benzene rings is 1. The van der Waals surface area contributed by atoms with E-state index in [0.717, 1.165) is 38.2 Å². The number of nitrogens with zero attached hydrogens (tertiary/aromatic N) is 2. The molecule has 0 unspecified atom stereocenters.